The van der Waals surface area contributed by atoms with Crippen molar-refractivity contribution in [1.82, 2.24) is 14.7 Å². The van der Waals surface area contributed by atoms with Gasteiger partial charge in [-0.15, -0.1) is 0 Å². The van der Waals surface area contributed by atoms with Gasteiger partial charge in [0.15, 0.2) is 5.84 Å². The maximum Gasteiger partial charge on any atom is 0.153 e. The normalized spacial score (nSPS) is 12.4. The maximum absolute atomic E-state index is 8.47. The molecule has 0 aliphatic carbocycles. The Bertz CT molecular complexity index is 371. The lowest BCUT2D eigenvalue weighted by atomic mass is 10.3. The van der Waals surface area contributed by atoms with Crippen LogP contribution in [0.4, 0.5) is 0 Å². The molecule has 1 rings (SSSR count). The van der Waals surface area contributed by atoms with Gasteiger partial charge >= 0.3 is 0 Å². The highest BCUT2D eigenvalue weighted by atomic mass is 16.4. The summed E-state index contributed by atoms with van der Waals surface area (Å²) in [6.07, 6.45) is 0. The fourth-order valence-electron chi connectivity index (χ4n) is 1.64. The third-order valence-corrected chi connectivity index (χ3v) is 2.28. The van der Waals surface area contributed by atoms with E-state index >= 15 is 0 Å². The molecule has 0 aliphatic rings. The smallest absolute Gasteiger partial charge is 0.153 e. The minimum atomic E-state index is 0.210. The number of rotatable bonds is 5. The summed E-state index contributed by atoms with van der Waals surface area (Å²) in [4.78, 5) is 1.97. The number of likely N-dealkylation sites (N-methyl/N-ethyl adjacent to an activating group) is 1. The summed E-state index contributed by atoms with van der Waals surface area (Å²) in [7, 11) is 1.92. The Morgan fingerprint density at radius 2 is 2.38 bits per heavy atom. The van der Waals surface area contributed by atoms with Crippen LogP contribution in [-0.2, 0) is 13.1 Å². The Morgan fingerprint density at radius 1 is 1.69 bits per heavy atom. The molecule has 90 valence electrons. The molecule has 6 heteroatoms. The van der Waals surface area contributed by atoms with E-state index < -0.39 is 0 Å². The Morgan fingerprint density at radius 3 is 2.94 bits per heavy atom. The molecule has 0 unspecified atom stereocenters. The summed E-state index contributed by atoms with van der Waals surface area (Å²) in [5.74, 6) is 0.210. The van der Waals surface area contributed by atoms with Gasteiger partial charge in [-0.2, -0.15) is 5.10 Å². The van der Waals surface area contributed by atoms with Crippen LogP contribution in [0.25, 0.3) is 0 Å². The molecule has 0 aliphatic heterocycles. The molecule has 0 bridgehead atoms. The van der Waals surface area contributed by atoms with Crippen molar-refractivity contribution in [3.63, 3.8) is 0 Å². The van der Waals surface area contributed by atoms with Crippen LogP contribution in [0.5, 0.6) is 0 Å². The topological polar surface area (TPSA) is 79.7 Å². The second-order valence-corrected chi connectivity index (χ2v) is 3.86. The van der Waals surface area contributed by atoms with Gasteiger partial charge in [0.25, 0.3) is 0 Å². The predicted octanol–water partition coefficient (Wildman–Crippen LogP) is 0.390. The highest BCUT2D eigenvalue weighted by Gasteiger charge is 2.08. The number of amidine groups is 1. The summed E-state index contributed by atoms with van der Waals surface area (Å²) in [6, 6.07) is 2.05. The lowest BCUT2D eigenvalue weighted by molar-refractivity contribution is 0.306. The summed E-state index contributed by atoms with van der Waals surface area (Å²) < 4.78 is 1.96. The first-order valence-corrected chi connectivity index (χ1v) is 5.25. The highest BCUT2D eigenvalue weighted by Crippen LogP contribution is 2.06. The van der Waals surface area contributed by atoms with Crippen LogP contribution in [0.2, 0.25) is 0 Å². The molecule has 1 heterocycles. The number of nitrogens with two attached hydrogens (primary N) is 1. The number of nitrogens with zero attached hydrogens (tertiary/aromatic N) is 4. The van der Waals surface area contributed by atoms with Crippen molar-refractivity contribution in [2.45, 2.75) is 26.9 Å². The second-order valence-electron chi connectivity index (χ2n) is 3.86. The van der Waals surface area contributed by atoms with Gasteiger partial charge in [0, 0.05) is 13.1 Å². The first-order chi connectivity index (χ1) is 7.56. The van der Waals surface area contributed by atoms with Crippen molar-refractivity contribution in [3.8, 4) is 0 Å². The summed E-state index contributed by atoms with van der Waals surface area (Å²) in [5.41, 5.74) is 7.58. The van der Waals surface area contributed by atoms with Crippen LogP contribution >= 0.6 is 0 Å². The first-order valence-electron chi connectivity index (χ1n) is 5.25. The van der Waals surface area contributed by atoms with Crippen molar-refractivity contribution in [2.24, 2.45) is 10.9 Å². The van der Waals surface area contributed by atoms with Crippen molar-refractivity contribution >= 4 is 5.84 Å². The zero-order chi connectivity index (χ0) is 12.1. The van der Waals surface area contributed by atoms with Crippen LogP contribution in [-0.4, -0.2) is 39.3 Å². The van der Waals surface area contributed by atoms with Gasteiger partial charge in [0.2, 0.25) is 0 Å². The van der Waals surface area contributed by atoms with Crippen LogP contribution in [0.3, 0.4) is 0 Å². The van der Waals surface area contributed by atoms with E-state index in [0.717, 1.165) is 24.5 Å². The molecule has 0 radical (unpaired) electrons. The number of hydrogen-bond acceptors (Lipinski definition) is 4. The van der Waals surface area contributed by atoms with E-state index in [1.165, 1.54) is 0 Å². The van der Waals surface area contributed by atoms with Crippen molar-refractivity contribution < 1.29 is 5.21 Å². The highest BCUT2D eigenvalue weighted by molar-refractivity contribution is 5.81. The Hall–Kier alpha value is -1.56. The first kappa shape index (κ1) is 12.5. The molecular formula is C10H19N5O. The van der Waals surface area contributed by atoms with Crippen molar-refractivity contribution in [2.75, 3.05) is 13.6 Å². The van der Waals surface area contributed by atoms with E-state index in [1.54, 1.807) is 0 Å². The molecule has 0 saturated carbocycles. The molecule has 0 fully saturated rings. The monoisotopic (exact) mass is 225 g/mol. The van der Waals surface area contributed by atoms with Crippen LogP contribution in [0.1, 0.15) is 18.3 Å². The van der Waals surface area contributed by atoms with E-state index in [4.69, 9.17) is 10.9 Å². The average Bonchev–Trinajstić information content (AvgIpc) is 2.58. The molecule has 0 amide bonds. The van der Waals surface area contributed by atoms with Gasteiger partial charge in [-0.05, 0) is 27.0 Å². The van der Waals surface area contributed by atoms with Gasteiger partial charge < -0.3 is 10.9 Å². The van der Waals surface area contributed by atoms with Gasteiger partial charge in [-0.1, -0.05) is 5.16 Å². The van der Waals surface area contributed by atoms with Crippen LogP contribution in [0.15, 0.2) is 11.2 Å². The number of aromatic nitrogens is 2. The number of aryl methyl sites for hydroxylation is 2. The lowest BCUT2D eigenvalue weighted by Gasteiger charge is -2.15. The predicted molar refractivity (Wildman–Crippen MR) is 62.4 cm³/mol. The van der Waals surface area contributed by atoms with E-state index in [9.17, 15) is 0 Å². The number of oxime groups is 1. The van der Waals surface area contributed by atoms with E-state index in [1.807, 2.05) is 29.6 Å². The largest absolute Gasteiger partial charge is 0.409 e. The molecule has 0 aromatic carbocycles. The summed E-state index contributed by atoms with van der Waals surface area (Å²) in [5, 5.41) is 15.8. The van der Waals surface area contributed by atoms with Crippen molar-refractivity contribution in [1.29, 1.82) is 0 Å². The molecule has 6 nitrogen and oxygen atoms in total. The van der Waals surface area contributed by atoms with Gasteiger partial charge in [0.05, 0.1) is 17.9 Å². The van der Waals surface area contributed by atoms with E-state index in [-0.39, 0.29) is 5.84 Å². The zero-order valence-electron chi connectivity index (χ0n) is 10.0. The molecular weight excluding hydrogens is 206 g/mol. The number of hydrogen-bond donors (Lipinski definition) is 2. The Labute approximate surface area is 95.3 Å². The van der Waals surface area contributed by atoms with Crippen LogP contribution in [0, 0.1) is 6.92 Å². The van der Waals surface area contributed by atoms with Crippen molar-refractivity contribution in [3.05, 3.63) is 17.5 Å². The standard InChI is InChI=1S/C10H19N5O/c1-4-15-9(5-8(2)12-15)6-14(3)7-10(11)13-16/h5,16H,4,6-7H2,1-3H3,(H2,11,13). The fraction of sp³-hybridized carbons (Fsp3) is 0.600. The van der Waals surface area contributed by atoms with E-state index in [0.29, 0.717) is 6.54 Å². The molecule has 0 saturated heterocycles. The quantitative estimate of drug-likeness (QED) is 0.329. The fourth-order valence-corrected chi connectivity index (χ4v) is 1.64. The van der Waals surface area contributed by atoms with Gasteiger partial charge in [-0.3, -0.25) is 9.58 Å². The SMILES string of the molecule is CCn1nc(C)cc1CN(C)CC(N)=NO. The molecule has 3 N–H and O–H groups in total. The van der Waals surface area contributed by atoms with E-state index in [2.05, 4.69) is 17.2 Å². The zero-order valence-corrected chi connectivity index (χ0v) is 10.0. The van der Waals surface area contributed by atoms with Gasteiger partial charge in [0.1, 0.15) is 0 Å². The molecule has 1 aromatic heterocycles. The summed E-state index contributed by atoms with van der Waals surface area (Å²) in [6.45, 7) is 6.04. The van der Waals surface area contributed by atoms with Crippen LogP contribution < -0.4 is 5.73 Å². The molecule has 16 heavy (non-hydrogen) atoms. The molecule has 0 atom stereocenters. The minimum Gasteiger partial charge on any atom is -0.409 e. The maximum atomic E-state index is 8.47. The average molecular weight is 225 g/mol. The third-order valence-electron chi connectivity index (χ3n) is 2.28. The second kappa shape index (κ2) is 5.50. The lowest BCUT2D eigenvalue weighted by Crippen LogP contribution is -2.31. The molecule has 1 aromatic rings. The van der Waals surface area contributed by atoms with Gasteiger partial charge in [-0.25, -0.2) is 0 Å². The Kier molecular flexibility index (Phi) is 4.30. The Balaban J connectivity index is 2.65. The minimum absolute atomic E-state index is 0.210. The third kappa shape index (κ3) is 3.23. The molecule has 0 spiro atoms. The summed E-state index contributed by atoms with van der Waals surface area (Å²) >= 11 is 0.